The summed E-state index contributed by atoms with van der Waals surface area (Å²) in [6.07, 6.45) is -0.0428. The van der Waals surface area contributed by atoms with Crippen molar-refractivity contribution in [3.8, 4) is 0 Å². The molecule has 1 aromatic heterocycles. The minimum Gasteiger partial charge on any atom is -0.303 e. The molecule has 0 aliphatic rings. The molecule has 1 rings (SSSR count). The molecule has 54 valence electrons. The Kier molecular flexibility index (Phi) is 1.16. The molecule has 0 amide bonds. The molecule has 0 radical (unpaired) electrons. The van der Waals surface area contributed by atoms with Crippen LogP contribution in [0.4, 0.5) is 0 Å². The number of aromatic nitrogens is 2. The van der Waals surface area contributed by atoms with Gasteiger partial charge in [-0.2, -0.15) is 0 Å². The van der Waals surface area contributed by atoms with Crippen LogP contribution in [0.2, 0.25) is 0 Å². The second kappa shape index (κ2) is 2.13. The predicted molar refractivity (Wildman–Crippen MR) is 37.0 cm³/mol. The zero-order chi connectivity index (χ0) is 8.59. The van der Waals surface area contributed by atoms with Crippen LogP contribution in [0.15, 0.2) is 15.8 Å². The minimum absolute atomic E-state index is 0.0428. The number of H-pyrrole nitrogens is 1. The highest BCUT2D eigenvalue weighted by Crippen LogP contribution is 1.77. The Morgan fingerprint density at radius 2 is 2.30 bits per heavy atom. The van der Waals surface area contributed by atoms with Crippen molar-refractivity contribution < 1.29 is 1.37 Å². The van der Waals surface area contributed by atoms with Crippen molar-refractivity contribution in [1.82, 2.24) is 9.55 Å². The van der Waals surface area contributed by atoms with E-state index in [0.29, 0.717) is 0 Å². The molecule has 1 aromatic rings. The lowest BCUT2D eigenvalue weighted by Crippen LogP contribution is -2.28. The van der Waals surface area contributed by atoms with E-state index in [9.17, 15) is 9.59 Å². The van der Waals surface area contributed by atoms with E-state index in [4.69, 9.17) is 1.37 Å². The lowest BCUT2D eigenvalue weighted by molar-refractivity contribution is 0.789. The summed E-state index contributed by atoms with van der Waals surface area (Å²) < 4.78 is 8.35. The Hall–Kier alpha value is -1.32. The Morgan fingerprint density at radius 3 is 2.90 bits per heavy atom. The average molecular weight is 141 g/mol. The monoisotopic (exact) mass is 141 g/mol. The molecule has 0 fully saturated rings. The van der Waals surface area contributed by atoms with Crippen molar-refractivity contribution in [2.24, 2.45) is 7.05 Å². The summed E-state index contributed by atoms with van der Waals surface area (Å²) in [6, 6.07) is 0. The van der Waals surface area contributed by atoms with Gasteiger partial charge in [0.2, 0.25) is 0 Å². The third-order valence-corrected chi connectivity index (χ3v) is 1.20. The fraction of sp³-hybridized carbons (Fsp3) is 0.333. The van der Waals surface area contributed by atoms with Gasteiger partial charge in [0, 0.05) is 18.8 Å². The van der Waals surface area contributed by atoms with Gasteiger partial charge in [-0.15, -0.1) is 0 Å². The molecule has 0 saturated heterocycles. The maximum atomic E-state index is 10.8. The zero-order valence-corrected chi connectivity index (χ0v) is 5.76. The molecule has 1 heterocycles. The van der Waals surface area contributed by atoms with E-state index in [0.717, 1.165) is 4.57 Å². The Morgan fingerprint density at radius 1 is 1.70 bits per heavy atom. The summed E-state index contributed by atoms with van der Waals surface area (Å²) in [5, 5.41) is 0. The number of nitrogens with one attached hydrogen (secondary N) is 1. The Bertz CT molecular complexity index is 356. The summed E-state index contributed by atoms with van der Waals surface area (Å²) in [7, 11) is 1.44. The zero-order valence-electron chi connectivity index (χ0n) is 6.76. The third kappa shape index (κ3) is 1.00. The number of hydrogen-bond acceptors (Lipinski definition) is 2. The van der Waals surface area contributed by atoms with Crippen molar-refractivity contribution in [1.29, 1.82) is 0 Å². The molecule has 0 spiro atoms. The van der Waals surface area contributed by atoms with Gasteiger partial charge < -0.3 is 4.57 Å². The van der Waals surface area contributed by atoms with Crippen molar-refractivity contribution in [2.45, 2.75) is 6.92 Å². The first kappa shape index (κ1) is 5.46. The topological polar surface area (TPSA) is 54.9 Å². The standard InChI is InChI=1S/C6H8N2O2/c1-4-3-8(2)6(10)7-5(4)9/h3H,1-2H3,(H,7,9,10)/i3D. The molecule has 10 heavy (non-hydrogen) atoms. The number of hydrogen-bond donors (Lipinski definition) is 1. The fourth-order valence-electron chi connectivity index (χ4n) is 0.628. The number of rotatable bonds is 0. The van der Waals surface area contributed by atoms with E-state index in [1.165, 1.54) is 14.0 Å². The second-order valence-corrected chi connectivity index (χ2v) is 2.06. The van der Waals surface area contributed by atoms with E-state index in [1.54, 1.807) is 0 Å². The van der Waals surface area contributed by atoms with Crippen molar-refractivity contribution in [3.05, 3.63) is 32.6 Å². The molecular formula is C6H8N2O2. The Labute approximate surface area is 58.5 Å². The molecule has 4 nitrogen and oxygen atoms in total. The predicted octanol–water partition coefficient (Wildman–Crippen LogP) is -0.618. The van der Waals surface area contributed by atoms with Gasteiger partial charge in [0.15, 0.2) is 0 Å². The summed E-state index contributed by atoms with van der Waals surface area (Å²) in [5.41, 5.74) is -0.782. The van der Waals surface area contributed by atoms with Gasteiger partial charge in [-0.1, -0.05) is 0 Å². The van der Waals surface area contributed by atoms with E-state index >= 15 is 0 Å². The molecule has 0 aliphatic heterocycles. The molecule has 1 N–H and O–H groups in total. The van der Waals surface area contributed by atoms with Gasteiger partial charge in [0.25, 0.3) is 5.56 Å². The van der Waals surface area contributed by atoms with Crippen LogP contribution in [0.3, 0.4) is 0 Å². The maximum absolute atomic E-state index is 10.8. The van der Waals surface area contributed by atoms with Crippen molar-refractivity contribution >= 4 is 0 Å². The van der Waals surface area contributed by atoms with Crippen LogP contribution in [-0.2, 0) is 7.05 Å². The smallest absolute Gasteiger partial charge is 0.303 e. The highest BCUT2D eigenvalue weighted by atomic mass is 16.2. The first-order valence-electron chi connectivity index (χ1n) is 3.30. The third-order valence-electron chi connectivity index (χ3n) is 1.20. The summed E-state index contributed by atoms with van der Waals surface area (Å²) in [6.45, 7) is 1.50. The Balaban J connectivity index is 3.73. The van der Waals surface area contributed by atoms with E-state index in [-0.39, 0.29) is 11.7 Å². The van der Waals surface area contributed by atoms with E-state index < -0.39 is 11.2 Å². The minimum atomic E-state index is -0.550. The molecule has 4 heteroatoms. The highest BCUT2D eigenvalue weighted by Gasteiger charge is 1.93. The van der Waals surface area contributed by atoms with Crippen LogP contribution in [0.1, 0.15) is 6.93 Å². The van der Waals surface area contributed by atoms with Crippen molar-refractivity contribution in [2.75, 3.05) is 0 Å². The van der Waals surface area contributed by atoms with Gasteiger partial charge >= 0.3 is 5.69 Å². The number of aromatic amines is 1. The van der Waals surface area contributed by atoms with Gasteiger partial charge in [0.1, 0.15) is 0 Å². The van der Waals surface area contributed by atoms with E-state index in [1.807, 2.05) is 0 Å². The summed E-state index contributed by atoms with van der Waals surface area (Å²) >= 11 is 0. The highest BCUT2D eigenvalue weighted by molar-refractivity contribution is 4.99. The average Bonchev–Trinajstić information content (AvgIpc) is 1.97. The summed E-state index contributed by atoms with van der Waals surface area (Å²) in [4.78, 5) is 23.7. The molecule has 0 bridgehead atoms. The fourth-order valence-corrected chi connectivity index (χ4v) is 0.628. The maximum Gasteiger partial charge on any atom is 0.328 e. The first-order valence-corrected chi connectivity index (χ1v) is 2.80. The van der Waals surface area contributed by atoms with Crippen molar-refractivity contribution in [3.63, 3.8) is 0 Å². The molecule has 0 aromatic carbocycles. The normalized spacial score (nSPS) is 11.2. The molecule has 0 aliphatic carbocycles. The van der Waals surface area contributed by atoms with Crippen LogP contribution >= 0.6 is 0 Å². The lowest BCUT2D eigenvalue weighted by Gasteiger charge is -1.94. The van der Waals surface area contributed by atoms with Crippen LogP contribution in [0.5, 0.6) is 0 Å². The second-order valence-electron chi connectivity index (χ2n) is 2.06. The molecule has 0 saturated carbocycles. The molecule has 0 atom stereocenters. The summed E-state index contributed by atoms with van der Waals surface area (Å²) in [5.74, 6) is 0. The van der Waals surface area contributed by atoms with Crippen LogP contribution in [0, 0.1) is 6.92 Å². The largest absolute Gasteiger partial charge is 0.328 e. The SMILES string of the molecule is [2H]c1c(C)c(=O)[nH]c(=O)n1C. The number of nitrogens with zero attached hydrogens (tertiary/aromatic N) is 1. The van der Waals surface area contributed by atoms with Crippen LogP contribution < -0.4 is 11.2 Å². The van der Waals surface area contributed by atoms with Gasteiger partial charge in [-0.05, 0) is 6.92 Å². The first-order chi connectivity index (χ1) is 5.04. The lowest BCUT2D eigenvalue weighted by atomic mass is 10.4. The van der Waals surface area contributed by atoms with E-state index in [2.05, 4.69) is 4.98 Å². The van der Waals surface area contributed by atoms with Crippen LogP contribution in [-0.4, -0.2) is 9.55 Å². The van der Waals surface area contributed by atoms with Gasteiger partial charge in [-0.3, -0.25) is 9.78 Å². The van der Waals surface area contributed by atoms with Gasteiger partial charge in [0.05, 0.1) is 1.37 Å². The quantitative estimate of drug-likeness (QED) is 0.523. The molecule has 0 unspecified atom stereocenters. The van der Waals surface area contributed by atoms with Crippen LogP contribution in [0.25, 0.3) is 0 Å². The van der Waals surface area contributed by atoms with Gasteiger partial charge in [-0.25, -0.2) is 4.79 Å². The molecular weight excluding hydrogens is 132 g/mol.